The smallest absolute Gasteiger partial charge is 0.245 e. The van der Waals surface area contributed by atoms with E-state index in [2.05, 4.69) is 34.5 Å². The lowest BCUT2D eigenvalue weighted by Crippen LogP contribution is -2.19. The van der Waals surface area contributed by atoms with Gasteiger partial charge in [0.05, 0.1) is 0 Å². The van der Waals surface area contributed by atoms with Crippen molar-refractivity contribution in [2.75, 3.05) is 10.2 Å². The summed E-state index contributed by atoms with van der Waals surface area (Å²) in [5.74, 6) is -0.123. The Kier molecular flexibility index (Phi) is 2.35. The number of nitrogens with zero attached hydrogens (tertiary/aromatic N) is 1. The number of carbonyl (C=O) groups is 1. The fourth-order valence-corrected chi connectivity index (χ4v) is 2.99. The lowest BCUT2D eigenvalue weighted by molar-refractivity contribution is -0.116. The molecular formula is C16H15N3O. The average molecular weight is 265 g/mol. The highest BCUT2D eigenvalue weighted by Gasteiger charge is 2.28. The lowest BCUT2D eigenvalue weighted by atomic mass is 10.1. The van der Waals surface area contributed by atoms with Gasteiger partial charge in [-0.25, -0.2) is 0 Å². The third-order valence-electron chi connectivity index (χ3n) is 4.12. The molecule has 2 aromatic rings. The highest BCUT2D eigenvalue weighted by atomic mass is 16.2. The van der Waals surface area contributed by atoms with Gasteiger partial charge in [-0.05, 0) is 23.3 Å². The van der Waals surface area contributed by atoms with Crippen LogP contribution in [0.5, 0.6) is 0 Å². The standard InChI is InChI=1S/C16H15N3O/c17-15-13-6-5-12(7-14(13)18-16(15)20)19-8-10-3-1-2-4-11(10)9-19/h1-7,15H,8-9,17H2,(H,18,20). The molecule has 0 saturated carbocycles. The van der Waals surface area contributed by atoms with Crippen LogP contribution in [-0.4, -0.2) is 5.91 Å². The van der Waals surface area contributed by atoms with Gasteiger partial charge in [-0.3, -0.25) is 4.79 Å². The Bertz CT molecular complexity index is 686. The van der Waals surface area contributed by atoms with Crippen LogP contribution in [0.1, 0.15) is 22.7 Å². The fraction of sp³-hybridized carbons (Fsp3) is 0.188. The molecule has 0 bridgehead atoms. The van der Waals surface area contributed by atoms with Crippen molar-refractivity contribution >= 4 is 17.3 Å². The molecule has 0 saturated heterocycles. The summed E-state index contributed by atoms with van der Waals surface area (Å²) < 4.78 is 0. The summed E-state index contributed by atoms with van der Waals surface area (Å²) in [7, 11) is 0. The minimum absolute atomic E-state index is 0.123. The third-order valence-corrected chi connectivity index (χ3v) is 4.12. The molecule has 3 N–H and O–H groups in total. The number of hydrogen-bond donors (Lipinski definition) is 2. The molecule has 0 radical (unpaired) electrons. The molecule has 100 valence electrons. The minimum Gasteiger partial charge on any atom is -0.363 e. The van der Waals surface area contributed by atoms with Crippen molar-refractivity contribution in [1.29, 1.82) is 0 Å². The van der Waals surface area contributed by atoms with Crippen LogP contribution in [0.4, 0.5) is 11.4 Å². The molecule has 1 atom stereocenters. The van der Waals surface area contributed by atoms with Gasteiger partial charge in [0.15, 0.2) is 0 Å². The SMILES string of the molecule is NC1C(=O)Nc2cc(N3Cc4ccccc4C3)ccc21. The zero-order chi connectivity index (χ0) is 13.7. The number of carbonyl (C=O) groups excluding carboxylic acids is 1. The van der Waals surface area contributed by atoms with E-state index >= 15 is 0 Å². The first-order valence-electron chi connectivity index (χ1n) is 6.74. The topological polar surface area (TPSA) is 58.4 Å². The third kappa shape index (κ3) is 1.62. The number of benzene rings is 2. The predicted molar refractivity (Wildman–Crippen MR) is 78.3 cm³/mol. The van der Waals surface area contributed by atoms with E-state index in [0.29, 0.717) is 0 Å². The number of nitrogens with one attached hydrogen (secondary N) is 1. The van der Waals surface area contributed by atoms with Crippen molar-refractivity contribution < 1.29 is 4.79 Å². The Morgan fingerprint density at radius 3 is 2.50 bits per heavy atom. The van der Waals surface area contributed by atoms with Gasteiger partial charge in [0.25, 0.3) is 0 Å². The molecule has 0 aliphatic carbocycles. The molecule has 1 unspecified atom stereocenters. The van der Waals surface area contributed by atoms with Crippen LogP contribution < -0.4 is 16.0 Å². The van der Waals surface area contributed by atoms with Crippen molar-refractivity contribution in [3.63, 3.8) is 0 Å². The zero-order valence-corrected chi connectivity index (χ0v) is 11.0. The lowest BCUT2D eigenvalue weighted by Gasteiger charge is -2.18. The maximum atomic E-state index is 11.6. The van der Waals surface area contributed by atoms with E-state index in [9.17, 15) is 4.79 Å². The monoisotopic (exact) mass is 265 g/mol. The molecule has 4 rings (SSSR count). The van der Waals surface area contributed by atoms with E-state index in [4.69, 9.17) is 5.73 Å². The van der Waals surface area contributed by atoms with Crippen LogP contribution in [-0.2, 0) is 17.9 Å². The Hall–Kier alpha value is -2.33. The first kappa shape index (κ1) is 11.5. The number of hydrogen-bond acceptors (Lipinski definition) is 3. The van der Waals surface area contributed by atoms with E-state index in [0.717, 1.165) is 30.0 Å². The first-order chi connectivity index (χ1) is 9.72. The van der Waals surface area contributed by atoms with Gasteiger partial charge in [-0.2, -0.15) is 0 Å². The van der Waals surface area contributed by atoms with Gasteiger partial charge < -0.3 is 16.0 Å². The number of amides is 1. The van der Waals surface area contributed by atoms with Gasteiger partial charge in [0.2, 0.25) is 5.91 Å². The van der Waals surface area contributed by atoms with E-state index in [1.807, 2.05) is 18.2 Å². The minimum atomic E-state index is -0.533. The summed E-state index contributed by atoms with van der Waals surface area (Å²) in [5.41, 5.74) is 11.4. The molecule has 2 aliphatic heterocycles. The molecule has 20 heavy (non-hydrogen) atoms. The second kappa shape index (κ2) is 4.08. The molecule has 2 aliphatic rings. The molecule has 0 fully saturated rings. The molecule has 0 spiro atoms. The normalized spacial score (nSPS) is 19.8. The van der Waals surface area contributed by atoms with Gasteiger partial charge in [0.1, 0.15) is 6.04 Å². The van der Waals surface area contributed by atoms with E-state index < -0.39 is 6.04 Å². The summed E-state index contributed by atoms with van der Waals surface area (Å²) >= 11 is 0. The molecule has 2 heterocycles. The van der Waals surface area contributed by atoms with Crippen LogP contribution in [0.25, 0.3) is 0 Å². The molecule has 0 aromatic heterocycles. The summed E-state index contributed by atoms with van der Waals surface area (Å²) in [6.45, 7) is 1.82. The number of rotatable bonds is 1. The van der Waals surface area contributed by atoms with Crippen molar-refractivity contribution in [2.24, 2.45) is 5.73 Å². The largest absolute Gasteiger partial charge is 0.363 e. The Morgan fingerprint density at radius 2 is 1.80 bits per heavy atom. The van der Waals surface area contributed by atoms with Crippen LogP contribution in [0.15, 0.2) is 42.5 Å². The van der Waals surface area contributed by atoms with Crippen LogP contribution >= 0.6 is 0 Å². The molecule has 4 nitrogen and oxygen atoms in total. The van der Waals surface area contributed by atoms with Crippen LogP contribution in [0.3, 0.4) is 0 Å². The van der Waals surface area contributed by atoms with Crippen molar-refractivity contribution in [2.45, 2.75) is 19.1 Å². The Labute approximate surface area is 117 Å². The molecule has 2 aromatic carbocycles. The van der Waals surface area contributed by atoms with Crippen molar-refractivity contribution in [3.05, 3.63) is 59.2 Å². The fourth-order valence-electron chi connectivity index (χ4n) is 2.99. The summed E-state index contributed by atoms with van der Waals surface area (Å²) in [4.78, 5) is 13.9. The van der Waals surface area contributed by atoms with Gasteiger partial charge in [0, 0.05) is 30.0 Å². The maximum absolute atomic E-state index is 11.6. The Morgan fingerprint density at radius 1 is 1.10 bits per heavy atom. The predicted octanol–water partition coefficient (Wildman–Crippen LogP) is 2.16. The van der Waals surface area contributed by atoms with E-state index in [1.165, 1.54) is 11.1 Å². The zero-order valence-electron chi connectivity index (χ0n) is 11.0. The molecule has 1 amide bonds. The summed E-state index contributed by atoms with van der Waals surface area (Å²) in [6, 6.07) is 14.0. The van der Waals surface area contributed by atoms with Crippen LogP contribution in [0.2, 0.25) is 0 Å². The van der Waals surface area contributed by atoms with Gasteiger partial charge >= 0.3 is 0 Å². The number of anilines is 2. The highest BCUT2D eigenvalue weighted by Crippen LogP contribution is 2.35. The first-order valence-corrected chi connectivity index (χ1v) is 6.74. The number of nitrogens with two attached hydrogens (primary N) is 1. The summed E-state index contributed by atoms with van der Waals surface area (Å²) in [6.07, 6.45) is 0. The highest BCUT2D eigenvalue weighted by molar-refractivity contribution is 6.03. The quantitative estimate of drug-likeness (QED) is 0.830. The van der Waals surface area contributed by atoms with Gasteiger partial charge in [-0.15, -0.1) is 0 Å². The van der Waals surface area contributed by atoms with Gasteiger partial charge in [-0.1, -0.05) is 30.3 Å². The maximum Gasteiger partial charge on any atom is 0.245 e. The molecular weight excluding hydrogens is 250 g/mol. The van der Waals surface area contributed by atoms with E-state index in [-0.39, 0.29) is 5.91 Å². The summed E-state index contributed by atoms with van der Waals surface area (Å²) in [5, 5.41) is 2.84. The van der Waals surface area contributed by atoms with E-state index in [1.54, 1.807) is 0 Å². The van der Waals surface area contributed by atoms with Crippen LogP contribution in [0, 0.1) is 0 Å². The van der Waals surface area contributed by atoms with Crippen molar-refractivity contribution in [3.8, 4) is 0 Å². The second-order valence-electron chi connectivity index (χ2n) is 5.36. The number of fused-ring (bicyclic) bond motifs is 2. The molecule has 4 heteroatoms. The Balaban J connectivity index is 1.66. The average Bonchev–Trinajstić information content (AvgIpc) is 3.01. The second-order valence-corrected chi connectivity index (χ2v) is 5.36. The van der Waals surface area contributed by atoms with Crippen molar-refractivity contribution in [1.82, 2.24) is 0 Å².